The van der Waals surface area contributed by atoms with Gasteiger partial charge in [-0.25, -0.2) is 0 Å². The topological polar surface area (TPSA) is 6.48 Å². The molecule has 2 heteroatoms. The van der Waals surface area contributed by atoms with E-state index >= 15 is 0 Å². The third-order valence-corrected chi connectivity index (χ3v) is 15.2. The maximum atomic E-state index is 2.51. The van der Waals surface area contributed by atoms with Crippen LogP contribution < -0.4 is 9.80 Å². The van der Waals surface area contributed by atoms with Gasteiger partial charge in [-0.15, -0.1) is 0 Å². The SMILES string of the molecule is CC1(C)c2ccccc2N(c2ccc3c(-c4cccc5ccccc45)c4cc(N5c6ccccc6C(C)(C)c6ccccc65)ccc4c(-c4ccc5c(c4)CCC=C5)c3c2)c2ccccc21. The van der Waals surface area contributed by atoms with E-state index in [2.05, 4.69) is 244 Å². The molecule has 0 radical (unpaired) electrons. The number of anilines is 6. The van der Waals surface area contributed by atoms with Crippen molar-refractivity contribution < 1.29 is 0 Å². The Morgan fingerprint density at radius 2 is 0.879 bits per heavy atom. The predicted octanol–water partition coefficient (Wildman–Crippen LogP) is 17.7. The zero-order valence-electron chi connectivity index (χ0n) is 37.9. The van der Waals surface area contributed by atoms with Crippen LogP contribution in [-0.2, 0) is 17.3 Å². The van der Waals surface area contributed by atoms with Crippen LogP contribution >= 0.6 is 0 Å². The molecule has 3 aliphatic rings. The molecule has 13 rings (SSSR count). The summed E-state index contributed by atoms with van der Waals surface area (Å²) in [5.74, 6) is 0. The largest absolute Gasteiger partial charge is 0.310 e. The minimum absolute atomic E-state index is 0.149. The molecule has 0 saturated carbocycles. The quantitative estimate of drug-likeness (QED) is 0.163. The number of aryl methyl sites for hydroxylation is 1. The van der Waals surface area contributed by atoms with Crippen LogP contribution in [0.2, 0.25) is 0 Å². The number of fused-ring (bicyclic) bond motifs is 8. The minimum Gasteiger partial charge on any atom is -0.310 e. The van der Waals surface area contributed by atoms with E-state index in [-0.39, 0.29) is 10.8 Å². The van der Waals surface area contributed by atoms with Crippen molar-refractivity contribution in [2.75, 3.05) is 9.80 Å². The standard InChI is InChI=1S/C64H50N2/c1-63(2)53-24-9-13-28-57(53)65(58-29-14-10-25-54(58)63)45-35-37-50-51(39-45)61(44-33-32-41-18-5-6-20-43(41)38-44)49-36-34-46(40-52(49)62(50)48-23-17-21-42-19-7-8-22-47(42)48)66-59-30-15-11-26-55(59)64(3,4)56-27-12-16-31-60(56)66/h5,7-19,21-40H,6,20H2,1-4H3. The first-order valence-electron chi connectivity index (χ1n) is 23.6. The predicted molar refractivity (Wildman–Crippen MR) is 281 cm³/mol. The summed E-state index contributed by atoms with van der Waals surface area (Å²) in [6.45, 7) is 9.46. The lowest BCUT2D eigenvalue weighted by atomic mass is 9.73. The van der Waals surface area contributed by atoms with Gasteiger partial charge in [-0.05, 0) is 149 Å². The molecule has 2 nitrogen and oxygen atoms in total. The van der Waals surface area contributed by atoms with E-state index in [1.165, 1.54) is 111 Å². The summed E-state index contributed by atoms with van der Waals surface area (Å²) in [6.07, 6.45) is 6.72. The van der Waals surface area contributed by atoms with Gasteiger partial charge in [0, 0.05) is 22.2 Å². The molecule has 0 fully saturated rings. The maximum absolute atomic E-state index is 2.51. The molecule has 2 heterocycles. The Kier molecular flexibility index (Phi) is 8.46. The Morgan fingerprint density at radius 3 is 1.45 bits per heavy atom. The van der Waals surface area contributed by atoms with Gasteiger partial charge in [0.25, 0.3) is 0 Å². The molecular weight excluding hydrogens is 797 g/mol. The van der Waals surface area contributed by atoms with Gasteiger partial charge in [-0.3, -0.25) is 0 Å². The van der Waals surface area contributed by atoms with Crippen LogP contribution in [0.25, 0.3) is 60.6 Å². The zero-order chi connectivity index (χ0) is 44.3. The molecular formula is C64H50N2. The van der Waals surface area contributed by atoms with Crippen LogP contribution in [0.3, 0.4) is 0 Å². The average molecular weight is 847 g/mol. The number of hydrogen-bond acceptors (Lipinski definition) is 2. The first-order valence-corrected chi connectivity index (χ1v) is 23.6. The van der Waals surface area contributed by atoms with Crippen LogP contribution in [-0.4, -0.2) is 0 Å². The Bertz CT molecular complexity index is 3570. The van der Waals surface area contributed by atoms with Gasteiger partial charge in [-0.2, -0.15) is 0 Å². The van der Waals surface area contributed by atoms with Crippen LogP contribution in [0, 0.1) is 0 Å². The second kappa shape index (κ2) is 14.4. The summed E-state index contributed by atoms with van der Waals surface area (Å²) in [4.78, 5) is 5.02. The number of benzene rings is 10. The van der Waals surface area contributed by atoms with Gasteiger partial charge >= 0.3 is 0 Å². The zero-order valence-corrected chi connectivity index (χ0v) is 37.9. The van der Waals surface area contributed by atoms with Crippen molar-refractivity contribution in [1.29, 1.82) is 0 Å². The molecule has 316 valence electrons. The van der Waals surface area contributed by atoms with Gasteiger partial charge in [0.15, 0.2) is 0 Å². The highest BCUT2D eigenvalue weighted by Gasteiger charge is 2.38. The summed E-state index contributed by atoms with van der Waals surface area (Å²) in [5.41, 5.74) is 20.0. The number of rotatable bonds is 4. The van der Waals surface area contributed by atoms with Gasteiger partial charge in [0.1, 0.15) is 0 Å². The molecule has 0 spiro atoms. The monoisotopic (exact) mass is 846 g/mol. The summed E-state index contributed by atoms with van der Waals surface area (Å²) >= 11 is 0. The first-order chi connectivity index (χ1) is 32.3. The average Bonchev–Trinajstić information content (AvgIpc) is 3.35. The van der Waals surface area contributed by atoms with Crippen molar-refractivity contribution in [3.63, 3.8) is 0 Å². The van der Waals surface area contributed by atoms with E-state index < -0.39 is 0 Å². The highest BCUT2D eigenvalue weighted by atomic mass is 15.2. The van der Waals surface area contributed by atoms with Crippen molar-refractivity contribution in [2.45, 2.75) is 51.4 Å². The summed E-state index contributed by atoms with van der Waals surface area (Å²) < 4.78 is 0. The van der Waals surface area contributed by atoms with Gasteiger partial charge in [-0.1, -0.05) is 185 Å². The number of hydrogen-bond donors (Lipinski definition) is 0. The highest BCUT2D eigenvalue weighted by Crippen LogP contribution is 2.56. The molecule has 10 aromatic rings. The van der Waals surface area contributed by atoms with Crippen LogP contribution in [0.15, 0.2) is 200 Å². The second-order valence-corrected chi connectivity index (χ2v) is 19.6. The fourth-order valence-electron chi connectivity index (χ4n) is 12.0. The number of nitrogens with zero attached hydrogens (tertiary/aromatic N) is 2. The lowest BCUT2D eigenvalue weighted by Crippen LogP contribution is -2.30. The van der Waals surface area contributed by atoms with E-state index in [4.69, 9.17) is 0 Å². The van der Waals surface area contributed by atoms with E-state index in [9.17, 15) is 0 Å². The molecule has 0 bridgehead atoms. The lowest BCUT2D eigenvalue weighted by molar-refractivity contribution is 0.632. The van der Waals surface area contributed by atoms with Crippen molar-refractivity contribution in [3.05, 3.63) is 234 Å². The number of para-hydroxylation sites is 4. The maximum Gasteiger partial charge on any atom is 0.0502 e. The smallest absolute Gasteiger partial charge is 0.0502 e. The van der Waals surface area contributed by atoms with Crippen molar-refractivity contribution in [1.82, 2.24) is 0 Å². The van der Waals surface area contributed by atoms with Gasteiger partial charge in [0.2, 0.25) is 0 Å². The van der Waals surface area contributed by atoms with E-state index in [0.29, 0.717) is 0 Å². The highest BCUT2D eigenvalue weighted by molar-refractivity contribution is 6.25. The van der Waals surface area contributed by atoms with Gasteiger partial charge in [0.05, 0.1) is 22.7 Å². The van der Waals surface area contributed by atoms with Crippen LogP contribution in [0.1, 0.15) is 67.5 Å². The summed E-state index contributed by atoms with van der Waals surface area (Å²) in [6, 6.07) is 73.5. The third kappa shape index (κ3) is 5.61. The Hall–Kier alpha value is -7.68. The van der Waals surface area contributed by atoms with Crippen molar-refractivity contribution >= 4 is 72.5 Å². The fraction of sp³-hybridized carbons (Fsp3) is 0.125. The molecule has 1 aliphatic carbocycles. The molecule has 0 unspecified atom stereocenters. The van der Waals surface area contributed by atoms with E-state index in [1.807, 2.05) is 0 Å². The normalized spacial score (nSPS) is 15.3. The van der Waals surface area contributed by atoms with E-state index in [1.54, 1.807) is 0 Å². The fourth-order valence-corrected chi connectivity index (χ4v) is 12.0. The Morgan fingerprint density at radius 1 is 0.394 bits per heavy atom. The Labute approximate surface area is 387 Å². The molecule has 10 aromatic carbocycles. The molecule has 0 amide bonds. The molecule has 66 heavy (non-hydrogen) atoms. The van der Waals surface area contributed by atoms with Crippen LogP contribution in [0.5, 0.6) is 0 Å². The number of allylic oxidation sites excluding steroid dienone is 1. The first kappa shape index (κ1) is 38.8. The third-order valence-electron chi connectivity index (χ3n) is 15.2. The second-order valence-electron chi connectivity index (χ2n) is 19.6. The van der Waals surface area contributed by atoms with Crippen molar-refractivity contribution in [2.24, 2.45) is 0 Å². The molecule has 0 N–H and O–H groups in total. The molecule has 0 aromatic heterocycles. The van der Waals surface area contributed by atoms with Crippen molar-refractivity contribution in [3.8, 4) is 22.3 Å². The molecule has 2 aliphatic heterocycles. The van der Waals surface area contributed by atoms with Crippen LogP contribution in [0.4, 0.5) is 34.1 Å². The van der Waals surface area contributed by atoms with Gasteiger partial charge < -0.3 is 9.80 Å². The summed E-state index contributed by atoms with van der Waals surface area (Å²) in [7, 11) is 0. The molecule has 0 saturated heterocycles. The summed E-state index contributed by atoms with van der Waals surface area (Å²) in [5, 5.41) is 7.47. The minimum atomic E-state index is -0.150. The van der Waals surface area contributed by atoms with E-state index in [0.717, 1.165) is 24.2 Å². The molecule has 0 atom stereocenters. The Balaban J connectivity index is 1.16. The lowest BCUT2D eigenvalue weighted by Gasteiger charge is -2.42.